The molecule has 1 fully saturated rings. The molecule has 0 saturated carbocycles. The van der Waals surface area contributed by atoms with Crippen LogP contribution in [0.4, 0.5) is 23.7 Å². The number of β-lactam (4-membered cyclic amide) rings is 1. The van der Waals surface area contributed by atoms with Gasteiger partial charge in [-0.05, 0) is 19.1 Å². The number of aliphatic hydroxyl groups is 1. The van der Waals surface area contributed by atoms with E-state index in [0.29, 0.717) is 6.07 Å². The van der Waals surface area contributed by atoms with Crippen molar-refractivity contribution >= 4 is 34.6 Å². The van der Waals surface area contributed by atoms with E-state index in [1.807, 2.05) is 0 Å². The van der Waals surface area contributed by atoms with E-state index in [2.05, 4.69) is 5.32 Å². The summed E-state index contributed by atoms with van der Waals surface area (Å²) < 4.78 is 49.4. The number of benzene rings is 1. The number of carbonyl (C=O) groups excluding carboxylic acids is 2. The summed E-state index contributed by atoms with van der Waals surface area (Å²) in [7, 11) is 0. The van der Waals surface area contributed by atoms with Gasteiger partial charge in [-0.2, -0.15) is 13.2 Å². The number of nitrogens with one attached hydrogen (secondary N) is 1. The first-order valence-corrected chi connectivity index (χ1v) is 10.4. The van der Waals surface area contributed by atoms with Crippen molar-refractivity contribution < 1.29 is 46.9 Å². The number of aliphatic carboxylic acids is 1. The second-order valence-electron chi connectivity index (χ2n) is 8.32. The molecule has 0 aliphatic carbocycles. The molecule has 0 unspecified atom stereocenters. The predicted octanol–water partition coefficient (Wildman–Crippen LogP) is 2.56. The minimum Gasteiger partial charge on any atom is -0.477 e. The van der Waals surface area contributed by atoms with Gasteiger partial charge in [0.15, 0.2) is 0 Å². The van der Waals surface area contributed by atoms with Crippen molar-refractivity contribution in [1.29, 1.82) is 0 Å². The van der Waals surface area contributed by atoms with Crippen molar-refractivity contribution in [2.24, 2.45) is 11.8 Å². The van der Waals surface area contributed by atoms with Crippen molar-refractivity contribution in [3.63, 3.8) is 0 Å². The number of ether oxygens (including phenoxy) is 1. The largest absolute Gasteiger partial charge is 0.477 e. The number of carbonyl (C=O) groups is 3. The molecule has 186 valence electrons. The lowest BCUT2D eigenvalue weighted by Gasteiger charge is -2.46. The summed E-state index contributed by atoms with van der Waals surface area (Å²) in [6, 6.07) is 2.94. The zero-order chi connectivity index (χ0) is 25.8. The standard InChI is InChI=1S/C22H19F3N2O8/c1-8-12(18(20(31)32)27-17(8)16(9(2)28)19(27)30)7-34-21(33)26-10-3-4-11-13(22(23,24)25)6-15(29)35-14(11)5-10/h3-6,8-9,16-17,28H,7H2,1-2H3,(H,26,33)(H,31,32)/t8-,9+,16+,17+/m0/s1. The lowest BCUT2D eigenvalue weighted by Crippen LogP contribution is -2.63. The van der Waals surface area contributed by atoms with Crippen LogP contribution in [0.1, 0.15) is 19.4 Å². The van der Waals surface area contributed by atoms with E-state index in [1.54, 1.807) is 6.92 Å². The van der Waals surface area contributed by atoms with E-state index in [9.17, 15) is 42.6 Å². The fraction of sp³-hybridized carbons (Fsp3) is 0.364. The summed E-state index contributed by atoms with van der Waals surface area (Å²) in [4.78, 5) is 49.0. The third-order valence-electron chi connectivity index (χ3n) is 6.17. The third-order valence-corrected chi connectivity index (χ3v) is 6.17. The Hall–Kier alpha value is -3.87. The topological polar surface area (TPSA) is 146 Å². The molecule has 0 radical (unpaired) electrons. The number of fused-ring (bicyclic) bond motifs is 2. The normalized spacial score (nSPS) is 22.6. The third kappa shape index (κ3) is 4.11. The summed E-state index contributed by atoms with van der Waals surface area (Å²) in [5, 5.41) is 21.3. The molecule has 3 N–H and O–H groups in total. The van der Waals surface area contributed by atoms with E-state index in [-0.39, 0.29) is 22.3 Å². The molecule has 3 heterocycles. The summed E-state index contributed by atoms with van der Waals surface area (Å²) in [5.41, 5.74) is -2.99. The number of alkyl halides is 3. The number of hydrogen-bond donors (Lipinski definition) is 3. The fourth-order valence-electron chi connectivity index (χ4n) is 4.61. The molecule has 4 atom stereocenters. The number of amides is 2. The predicted molar refractivity (Wildman–Crippen MR) is 112 cm³/mol. The maximum atomic E-state index is 13.2. The van der Waals surface area contributed by atoms with Crippen LogP contribution in [0.3, 0.4) is 0 Å². The Morgan fingerprint density at radius 3 is 2.54 bits per heavy atom. The minimum absolute atomic E-state index is 0.0370. The number of carboxylic acids is 1. The van der Waals surface area contributed by atoms with Crippen LogP contribution in [0.15, 0.2) is 44.7 Å². The van der Waals surface area contributed by atoms with Crippen LogP contribution < -0.4 is 10.9 Å². The van der Waals surface area contributed by atoms with Gasteiger partial charge in [0.05, 0.1) is 23.6 Å². The van der Waals surface area contributed by atoms with Crippen LogP contribution in [0, 0.1) is 11.8 Å². The summed E-state index contributed by atoms with van der Waals surface area (Å²) in [5.74, 6) is -3.22. The van der Waals surface area contributed by atoms with Gasteiger partial charge in [-0.1, -0.05) is 6.92 Å². The Morgan fingerprint density at radius 2 is 1.94 bits per heavy atom. The first-order chi connectivity index (χ1) is 16.3. The monoisotopic (exact) mass is 496 g/mol. The van der Waals surface area contributed by atoms with Gasteiger partial charge in [0.25, 0.3) is 0 Å². The molecule has 1 saturated heterocycles. The van der Waals surface area contributed by atoms with Gasteiger partial charge in [-0.15, -0.1) is 0 Å². The highest BCUT2D eigenvalue weighted by Gasteiger charge is 2.59. The lowest BCUT2D eigenvalue weighted by molar-refractivity contribution is -0.163. The van der Waals surface area contributed by atoms with E-state index in [1.165, 1.54) is 6.92 Å². The Balaban J connectivity index is 1.51. The zero-order valence-electron chi connectivity index (χ0n) is 18.3. The lowest BCUT2D eigenvalue weighted by atomic mass is 9.78. The highest BCUT2D eigenvalue weighted by molar-refractivity contribution is 6.00. The van der Waals surface area contributed by atoms with E-state index in [4.69, 9.17) is 9.15 Å². The average Bonchev–Trinajstić information content (AvgIpc) is 2.98. The van der Waals surface area contributed by atoms with Crippen molar-refractivity contribution in [2.45, 2.75) is 32.2 Å². The molecule has 2 aliphatic rings. The van der Waals surface area contributed by atoms with Crippen molar-refractivity contribution in [2.75, 3.05) is 11.9 Å². The second kappa shape index (κ2) is 8.41. The molecule has 35 heavy (non-hydrogen) atoms. The Bertz CT molecular complexity index is 1330. The van der Waals surface area contributed by atoms with Gasteiger partial charge in [0, 0.05) is 34.7 Å². The van der Waals surface area contributed by atoms with E-state index < -0.39 is 71.5 Å². The van der Waals surface area contributed by atoms with E-state index in [0.717, 1.165) is 23.1 Å². The molecule has 4 rings (SSSR count). The van der Waals surface area contributed by atoms with Crippen molar-refractivity contribution in [3.8, 4) is 0 Å². The van der Waals surface area contributed by atoms with Crippen LogP contribution in [0.5, 0.6) is 0 Å². The van der Waals surface area contributed by atoms with Crippen LogP contribution >= 0.6 is 0 Å². The summed E-state index contributed by atoms with van der Waals surface area (Å²) in [6.07, 6.45) is -6.84. The molecule has 2 aromatic rings. The number of nitrogens with zero attached hydrogens (tertiary/aromatic N) is 1. The number of rotatable bonds is 5. The molecule has 2 amide bonds. The van der Waals surface area contributed by atoms with Gasteiger partial charge in [-0.3, -0.25) is 10.1 Å². The maximum absolute atomic E-state index is 13.2. The quantitative estimate of drug-likeness (QED) is 0.423. The average molecular weight is 496 g/mol. The molecular formula is C22H19F3N2O8. The molecular weight excluding hydrogens is 477 g/mol. The Labute approximate surface area is 194 Å². The van der Waals surface area contributed by atoms with Gasteiger partial charge in [0.2, 0.25) is 5.91 Å². The maximum Gasteiger partial charge on any atom is 0.417 e. The molecule has 1 aromatic carbocycles. The summed E-state index contributed by atoms with van der Waals surface area (Å²) >= 11 is 0. The number of aliphatic hydroxyl groups excluding tert-OH is 1. The van der Waals surface area contributed by atoms with Gasteiger partial charge < -0.3 is 24.3 Å². The van der Waals surface area contributed by atoms with E-state index >= 15 is 0 Å². The molecule has 10 nitrogen and oxygen atoms in total. The molecule has 0 spiro atoms. The van der Waals surface area contributed by atoms with Gasteiger partial charge in [0.1, 0.15) is 17.9 Å². The number of halogens is 3. The van der Waals surface area contributed by atoms with Crippen LogP contribution in [0.2, 0.25) is 0 Å². The SMILES string of the molecule is C[C@@H](O)[C@H]1C(=O)N2C(C(=O)O)=C(COC(=O)Nc3ccc4c(C(F)(F)F)cc(=O)oc4c3)[C@H](C)[C@H]12. The summed E-state index contributed by atoms with van der Waals surface area (Å²) in [6.45, 7) is 2.59. The molecule has 2 aliphatic heterocycles. The molecule has 0 bridgehead atoms. The number of anilines is 1. The zero-order valence-corrected chi connectivity index (χ0v) is 18.3. The van der Waals surface area contributed by atoms with Crippen LogP contribution in [-0.2, 0) is 20.5 Å². The first-order valence-electron chi connectivity index (χ1n) is 10.4. The second-order valence-corrected chi connectivity index (χ2v) is 8.32. The Morgan fingerprint density at radius 1 is 1.26 bits per heavy atom. The molecule has 1 aromatic heterocycles. The van der Waals surface area contributed by atoms with Crippen molar-refractivity contribution in [3.05, 3.63) is 51.5 Å². The van der Waals surface area contributed by atoms with Gasteiger partial charge >= 0.3 is 23.9 Å². The number of hydrogen-bond acceptors (Lipinski definition) is 7. The highest BCUT2D eigenvalue weighted by Crippen LogP contribution is 2.47. The Kier molecular flexibility index (Phi) is 5.83. The van der Waals surface area contributed by atoms with Crippen LogP contribution in [-0.4, -0.2) is 51.8 Å². The highest BCUT2D eigenvalue weighted by atomic mass is 19.4. The van der Waals surface area contributed by atoms with Gasteiger partial charge in [-0.25, -0.2) is 14.4 Å². The number of carboxylic acid groups (broad SMARTS) is 1. The van der Waals surface area contributed by atoms with Crippen molar-refractivity contribution in [1.82, 2.24) is 4.90 Å². The first kappa shape index (κ1) is 24.3. The minimum atomic E-state index is -4.79. The van der Waals surface area contributed by atoms with Crippen LogP contribution in [0.25, 0.3) is 11.0 Å². The molecule has 13 heteroatoms. The smallest absolute Gasteiger partial charge is 0.417 e. The fourth-order valence-corrected chi connectivity index (χ4v) is 4.61.